The Balaban J connectivity index is 1.91. The smallest absolute Gasteiger partial charge is 0.262 e. The molecular formula is C19H23N3O4. The first kappa shape index (κ1) is 19.1. The van der Waals surface area contributed by atoms with Crippen LogP contribution in [0.3, 0.4) is 0 Å². The second-order valence-corrected chi connectivity index (χ2v) is 5.44. The summed E-state index contributed by atoms with van der Waals surface area (Å²) in [5, 5.41) is 7.08. The van der Waals surface area contributed by atoms with Crippen LogP contribution >= 0.6 is 0 Å². The minimum atomic E-state index is -0.453. The maximum atomic E-state index is 12.1. The van der Waals surface area contributed by atoms with E-state index in [4.69, 9.17) is 14.2 Å². The van der Waals surface area contributed by atoms with Crippen LogP contribution in [0, 0.1) is 0 Å². The van der Waals surface area contributed by atoms with E-state index in [9.17, 15) is 4.79 Å². The minimum absolute atomic E-state index is 0.252. The Kier molecular flexibility index (Phi) is 6.84. The Morgan fingerprint density at radius 3 is 2.31 bits per heavy atom. The molecule has 0 radical (unpaired) electrons. The van der Waals surface area contributed by atoms with E-state index >= 15 is 0 Å². The molecule has 2 aromatic carbocycles. The van der Waals surface area contributed by atoms with Crippen LogP contribution < -0.4 is 25.0 Å². The van der Waals surface area contributed by atoms with Crippen molar-refractivity contribution in [2.75, 3.05) is 26.6 Å². The van der Waals surface area contributed by atoms with Crippen LogP contribution in [0.5, 0.6) is 17.2 Å². The predicted octanol–water partition coefficient (Wildman–Crippen LogP) is 2.66. The molecule has 2 rings (SSSR count). The topological polar surface area (TPSA) is 81.2 Å². The SMILES string of the molecule is COc1ccc(N[C@@H](C)C(=O)N/N=C\c2ccc(OC)c(OC)c2)cc1. The van der Waals surface area contributed by atoms with Crippen LogP contribution in [0.1, 0.15) is 12.5 Å². The lowest BCUT2D eigenvalue weighted by Gasteiger charge is -2.13. The lowest BCUT2D eigenvalue weighted by Crippen LogP contribution is -2.34. The van der Waals surface area contributed by atoms with Crippen molar-refractivity contribution in [1.29, 1.82) is 0 Å². The number of carbonyl (C=O) groups is 1. The van der Waals surface area contributed by atoms with Gasteiger partial charge < -0.3 is 19.5 Å². The molecule has 0 aliphatic carbocycles. The second kappa shape index (κ2) is 9.31. The predicted molar refractivity (Wildman–Crippen MR) is 101 cm³/mol. The van der Waals surface area contributed by atoms with E-state index in [1.807, 2.05) is 30.3 Å². The molecule has 0 aromatic heterocycles. The van der Waals surface area contributed by atoms with Gasteiger partial charge in [0.2, 0.25) is 0 Å². The van der Waals surface area contributed by atoms with E-state index in [0.29, 0.717) is 11.5 Å². The molecule has 0 aliphatic rings. The van der Waals surface area contributed by atoms with Crippen molar-refractivity contribution in [3.63, 3.8) is 0 Å². The number of hydrogen-bond donors (Lipinski definition) is 2. The number of amides is 1. The maximum absolute atomic E-state index is 12.1. The quantitative estimate of drug-likeness (QED) is 0.561. The van der Waals surface area contributed by atoms with Crippen molar-refractivity contribution < 1.29 is 19.0 Å². The van der Waals surface area contributed by atoms with Crippen LogP contribution in [0.4, 0.5) is 5.69 Å². The largest absolute Gasteiger partial charge is 0.497 e. The monoisotopic (exact) mass is 357 g/mol. The zero-order valence-electron chi connectivity index (χ0n) is 15.3. The molecule has 26 heavy (non-hydrogen) atoms. The number of benzene rings is 2. The summed E-state index contributed by atoms with van der Waals surface area (Å²) in [6.07, 6.45) is 1.54. The van der Waals surface area contributed by atoms with Crippen molar-refractivity contribution in [2.24, 2.45) is 5.10 Å². The van der Waals surface area contributed by atoms with Crippen molar-refractivity contribution in [2.45, 2.75) is 13.0 Å². The summed E-state index contributed by atoms with van der Waals surface area (Å²) in [5.41, 5.74) is 4.10. The van der Waals surface area contributed by atoms with Gasteiger partial charge in [-0.1, -0.05) is 0 Å². The molecule has 0 saturated heterocycles. The molecule has 138 valence electrons. The Morgan fingerprint density at radius 1 is 1.00 bits per heavy atom. The van der Waals surface area contributed by atoms with E-state index in [1.54, 1.807) is 46.6 Å². The molecule has 2 N–H and O–H groups in total. The van der Waals surface area contributed by atoms with Gasteiger partial charge in [0.25, 0.3) is 5.91 Å². The maximum Gasteiger partial charge on any atom is 0.262 e. The Bertz CT molecular complexity index is 760. The third-order valence-corrected chi connectivity index (χ3v) is 3.66. The van der Waals surface area contributed by atoms with Gasteiger partial charge in [-0.15, -0.1) is 0 Å². The van der Waals surface area contributed by atoms with E-state index < -0.39 is 6.04 Å². The number of methoxy groups -OCH3 is 3. The number of nitrogens with zero attached hydrogens (tertiary/aromatic N) is 1. The van der Waals surface area contributed by atoms with Crippen molar-refractivity contribution in [3.05, 3.63) is 48.0 Å². The molecular weight excluding hydrogens is 334 g/mol. The number of carbonyl (C=O) groups excluding carboxylic acids is 1. The number of hydrazone groups is 1. The van der Waals surface area contributed by atoms with Crippen molar-refractivity contribution in [1.82, 2.24) is 5.43 Å². The van der Waals surface area contributed by atoms with Crippen molar-refractivity contribution in [3.8, 4) is 17.2 Å². The average molecular weight is 357 g/mol. The summed E-state index contributed by atoms with van der Waals surface area (Å²) < 4.78 is 15.5. The first-order chi connectivity index (χ1) is 12.6. The zero-order valence-corrected chi connectivity index (χ0v) is 15.3. The number of nitrogens with one attached hydrogen (secondary N) is 2. The van der Waals surface area contributed by atoms with Gasteiger partial charge in [0, 0.05) is 5.69 Å². The molecule has 0 spiro atoms. The normalized spacial score (nSPS) is 11.7. The molecule has 1 amide bonds. The van der Waals surface area contributed by atoms with E-state index in [-0.39, 0.29) is 5.91 Å². The van der Waals surface area contributed by atoms with E-state index in [2.05, 4.69) is 15.8 Å². The number of anilines is 1. The standard InChI is InChI=1S/C19H23N3O4/c1-13(21-15-6-8-16(24-2)9-7-15)19(23)22-20-12-14-5-10-17(25-3)18(11-14)26-4/h5-13,21H,1-4H3,(H,22,23)/b20-12-/t13-/m0/s1. The van der Waals surface area contributed by atoms with Gasteiger partial charge in [0.05, 0.1) is 27.5 Å². The molecule has 7 heteroatoms. The van der Waals surface area contributed by atoms with Gasteiger partial charge in [0.1, 0.15) is 11.8 Å². The summed E-state index contributed by atoms with van der Waals surface area (Å²) >= 11 is 0. The van der Waals surface area contributed by atoms with Gasteiger partial charge in [-0.3, -0.25) is 4.79 Å². The molecule has 0 unspecified atom stereocenters. The zero-order chi connectivity index (χ0) is 18.9. The molecule has 0 bridgehead atoms. The fourth-order valence-electron chi connectivity index (χ4n) is 2.20. The Morgan fingerprint density at radius 2 is 1.69 bits per heavy atom. The lowest BCUT2D eigenvalue weighted by atomic mass is 10.2. The Labute approximate surface area is 153 Å². The number of hydrogen-bond acceptors (Lipinski definition) is 6. The molecule has 7 nitrogen and oxygen atoms in total. The molecule has 0 aliphatic heterocycles. The highest BCUT2D eigenvalue weighted by atomic mass is 16.5. The fraction of sp³-hybridized carbons (Fsp3) is 0.263. The van der Waals surface area contributed by atoms with E-state index in [0.717, 1.165) is 17.0 Å². The average Bonchev–Trinajstić information content (AvgIpc) is 2.68. The molecule has 0 saturated carbocycles. The number of ether oxygens (including phenoxy) is 3. The molecule has 0 heterocycles. The van der Waals surface area contributed by atoms with Gasteiger partial charge in [-0.2, -0.15) is 5.10 Å². The fourth-order valence-corrected chi connectivity index (χ4v) is 2.20. The molecule has 0 fully saturated rings. The molecule has 1 atom stereocenters. The number of rotatable bonds is 8. The van der Waals surface area contributed by atoms with Crippen LogP contribution in [0.2, 0.25) is 0 Å². The minimum Gasteiger partial charge on any atom is -0.497 e. The van der Waals surface area contributed by atoms with Crippen LogP contribution in [0.15, 0.2) is 47.6 Å². The van der Waals surface area contributed by atoms with Gasteiger partial charge in [-0.05, 0) is 55.0 Å². The third-order valence-electron chi connectivity index (χ3n) is 3.66. The van der Waals surface area contributed by atoms with Crippen molar-refractivity contribution >= 4 is 17.8 Å². The van der Waals surface area contributed by atoms with Gasteiger partial charge >= 0.3 is 0 Å². The van der Waals surface area contributed by atoms with Crippen LogP contribution in [-0.2, 0) is 4.79 Å². The summed E-state index contributed by atoms with van der Waals surface area (Å²) in [7, 11) is 4.74. The second-order valence-electron chi connectivity index (χ2n) is 5.44. The third kappa shape index (κ3) is 5.14. The van der Waals surface area contributed by atoms with Gasteiger partial charge in [0.15, 0.2) is 11.5 Å². The van der Waals surface area contributed by atoms with Crippen LogP contribution in [-0.4, -0.2) is 39.5 Å². The summed E-state index contributed by atoms with van der Waals surface area (Å²) in [6, 6.07) is 12.2. The highest BCUT2D eigenvalue weighted by Gasteiger charge is 2.11. The first-order valence-electron chi connectivity index (χ1n) is 8.03. The molecule has 2 aromatic rings. The first-order valence-corrected chi connectivity index (χ1v) is 8.03. The summed E-state index contributed by atoms with van der Waals surface area (Å²) in [4.78, 5) is 12.1. The highest BCUT2D eigenvalue weighted by Crippen LogP contribution is 2.26. The van der Waals surface area contributed by atoms with E-state index in [1.165, 1.54) is 0 Å². The lowest BCUT2D eigenvalue weighted by molar-refractivity contribution is -0.121. The summed E-state index contributed by atoms with van der Waals surface area (Å²) in [5.74, 6) is 1.73. The highest BCUT2D eigenvalue weighted by molar-refractivity contribution is 5.86. The van der Waals surface area contributed by atoms with Crippen LogP contribution in [0.25, 0.3) is 0 Å². The van der Waals surface area contributed by atoms with Gasteiger partial charge in [-0.25, -0.2) is 5.43 Å². The Hall–Kier alpha value is -3.22. The summed E-state index contributed by atoms with van der Waals surface area (Å²) in [6.45, 7) is 1.76.